The van der Waals surface area contributed by atoms with Crippen molar-refractivity contribution in [3.63, 3.8) is 0 Å². The van der Waals surface area contributed by atoms with Gasteiger partial charge in [-0.3, -0.25) is 9.36 Å². The van der Waals surface area contributed by atoms with Crippen molar-refractivity contribution in [1.29, 1.82) is 0 Å². The van der Waals surface area contributed by atoms with Crippen LogP contribution in [0.2, 0.25) is 0 Å². The molecule has 0 fully saturated rings. The van der Waals surface area contributed by atoms with Gasteiger partial charge < -0.3 is 0 Å². The Morgan fingerprint density at radius 2 is 2.06 bits per heavy atom. The zero-order chi connectivity index (χ0) is 12.4. The lowest BCUT2D eigenvalue weighted by molar-refractivity contribution is 0.730. The van der Waals surface area contributed by atoms with Crippen molar-refractivity contribution in [2.45, 2.75) is 20.4 Å². The summed E-state index contributed by atoms with van der Waals surface area (Å²) in [6.45, 7) is 4.69. The van der Waals surface area contributed by atoms with Crippen LogP contribution in [-0.2, 0) is 6.54 Å². The lowest BCUT2D eigenvalue weighted by Gasteiger charge is -2.07. The van der Waals surface area contributed by atoms with E-state index in [9.17, 15) is 4.79 Å². The summed E-state index contributed by atoms with van der Waals surface area (Å²) in [4.78, 5) is 15.8. The normalized spacial score (nSPS) is 10.5. The predicted molar refractivity (Wildman–Crippen MR) is 71.2 cm³/mol. The molecule has 2 aromatic rings. The molecule has 1 heterocycles. The van der Waals surface area contributed by atoms with E-state index in [-0.39, 0.29) is 5.56 Å². The fourth-order valence-electron chi connectivity index (χ4n) is 1.64. The summed E-state index contributed by atoms with van der Waals surface area (Å²) in [5, 5.41) is 0. The summed E-state index contributed by atoms with van der Waals surface area (Å²) in [5.41, 5.74) is 3.54. The highest BCUT2D eigenvalue weighted by Gasteiger charge is 2.02. The molecule has 0 N–H and O–H groups in total. The molecule has 0 amide bonds. The topological polar surface area (TPSA) is 34.9 Å². The van der Waals surface area contributed by atoms with Crippen molar-refractivity contribution in [3.05, 3.63) is 62.2 Å². The number of aryl methyl sites for hydroxylation is 2. The highest BCUT2D eigenvalue weighted by atomic mass is 79.9. The second-order valence-electron chi connectivity index (χ2n) is 4.09. The van der Waals surface area contributed by atoms with Crippen molar-refractivity contribution in [3.8, 4) is 0 Å². The van der Waals surface area contributed by atoms with Crippen LogP contribution < -0.4 is 5.56 Å². The minimum absolute atomic E-state index is 0.0572. The van der Waals surface area contributed by atoms with Crippen LogP contribution in [0.25, 0.3) is 0 Å². The number of hydrogen-bond donors (Lipinski definition) is 0. The SMILES string of the molecule is Cc1ccc(Cn2cncc(Br)c2=O)cc1C. The minimum atomic E-state index is -0.0572. The van der Waals surface area contributed by atoms with Gasteiger partial charge in [-0.05, 0) is 46.5 Å². The maximum absolute atomic E-state index is 11.8. The summed E-state index contributed by atoms with van der Waals surface area (Å²) in [7, 11) is 0. The summed E-state index contributed by atoms with van der Waals surface area (Å²) in [6, 6.07) is 6.21. The Morgan fingerprint density at radius 3 is 2.76 bits per heavy atom. The Kier molecular flexibility index (Phi) is 3.43. The average molecular weight is 293 g/mol. The molecule has 88 valence electrons. The van der Waals surface area contributed by atoms with E-state index >= 15 is 0 Å². The van der Waals surface area contributed by atoms with E-state index in [2.05, 4.69) is 46.9 Å². The predicted octanol–water partition coefficient (Wildman–Crippen LogP) is 2.67. The van der Waals surface area contributed by atoms with Crippen LogP contribution in [0.3, 0.4) is 0 Å². The first-order valence-corrected chi connectivity index (χ1v) is 6.13. The van der Waals surface area contributed by atoms with Crippen LogP contribution in [0, 0.1) is 13.8 Å². The molecule has 0 saturated carbocycles. The molecule has 0 saturated heterocycles. The number of hydrogen-bond acceptors (Lipinski definition) is 2. The summed E-state index contributed by atoms with van der Waals surface area (Å²) in [5.74, 6) is 0. The van der Waals surface area contributed by atoms with Crippen LogP contribution in [0.4, 0.5) is 0 Å². The number of nitrogens with zero attached hydrogens (tertiary/aromatic N) is 2. The molecule has 0 aliphatic carbocycles. The van der Waals surface area contributed by atoms with Gasteiger partial charge >= 0.3 is 0 Å². The van der Waals surface area contributed by atoms with Gasteiger partial charge in [0.1, 0.15) is 4.47 Å². The van der Waals surface area contributed by atoms with Gasteiger partial charge in [-0.1, -0.05) is 18.2 Å². The highest BCUT2D eigenvalue weighted by Crippen LogP contribution is 2.10. The first-order chi connectivity index (χ1) is 8.08. The fraction of sp³-hybridized carbons (Fsp3) is 0.231. The Hall–Kier alpha value is -1.42. The Morgan fingerprint density at radius 1 is 1.29 bits per heavy atom. The molecule has 0 spiro atoms. The first kappa shape index (κ1) is 12.0. The third kappa shape index (κ3) is 2.64. The smallest absolute Gasteiger partial charge is 0.267 e. The second-order valence-corrected chi connectivity index (χ2v) is 4.95. The van der Waals surface area contributed by atoms with Gasteiger partial charge in [0.15, 0.2) is 0 Å². The summed E-state index contributed by atoms with van der Waals surface area (Å²) < 4.78 is 2.08. The maximum atomic E-state index is 11.8. The number of halogens is 1. The van der Waals surface area contributed by atoms with E-state index in [0.717, 1.165) is 5.56 Å². The Bertz CT molecular complexity index is 605. The Balaban J connectivity index is 2.35. The third-order valence-corrected chi connectivity index (χ3v) is 3.33. The van der Waals surface area contributed by atoms with Crippen LogP contribution in [0.5, 0.6) is 0 Å². The van der Waals surface area contributed by atoms with Gasteiger partial charge in [0.05, 0.1) is 12.9 Å². The number of aromatic nitrogens is 2. The molecule has 0 atom stereocenters. The molecule has 0 bridgehead atoms. The van der Waals surface area contributed by atoms with E-state index in [1.165, 1.54) is 17.3 Å². The lowest BCUT2D eigenvalue weighted by Crippen LogP contribution is -2.21. The lowest BCUT2D eigenvalue weighted by atomic mass is 10.1. The quantitative estimate of drug-likeness (QED) is 0.853. The van der Waals surface area contributed by atoms with E-state index in [4.69, 9.17) is 0 Å². The van der Waals surface area contributed by atoms with Crippen molar-refractivity contribution < 1.29 is 0 Å². The standard InChI is InChI=1S/C13H13BrN2O/c1-9-3-4-11(5-10(9)2)7-16-8-15-6-12(14)13(16)17/h3-6,8H,7H2,1-2H3. The highest BCUT2D eigenvalue weighted by molar-refractivity contribution is 9.10. The third-order valence-electron chi connectivity index (χ3n) is 2.78. The molecule has 1 aromatic carbocycles. The zero-order valence-electron chi connectivity index (χ0n) is 9.77. The molecule has 0 aliphatic heterocycles. The molecular formula is C13H13BrN2O. The van der Waals surface area contributed by atoms with Crippen molar-refractivity contribution in [2.24, 2.45) is 0 Å². The van der Waals surface area contributed by atoms with Gasteiger partial charge in [0.25, 0.3) is 5.56 Å². The van der Waals surface area contributed by atoms with Crippen LogP contribution in [0.1, 0.15) is 16.7 Å². The van der Waals surface area contributed by atoms with E-state index < -0.39 is 0 Å². The van der Waals surface area contributed by atoms with Crippen LogP contribution in [-0.4, -0.2) is 9.55 Å². The van der Waals surface area contributed by atoms with Gasteiger partial charge in [-0.2, -0.15) is 0 Å². The largest absolute Gasteiger partial charge is 0.294 e. The maximum Gasteiger partial charge on any atom is 0.267 e. The molecule has 1 aromatic heterocycles. The van der Waals surface area contributed by atoms with E-state index in [1.807, 2.05) is 6.07 Å². The zero-order valence-corrected chi connectivity index (χ0v) is 11.4. The van der Waals surface area contributed by atoms with Gasteiger partial charge in [-0.25, -0.2) is 4.98 Å². The molecule has 0 aliphatic rings. The minimum Gasteiger partial charge on any atom is -0.294 e. The molecular weight excluding hydrogens is 280 g/mol. The molecule has 0 unspecified atom stereocenters. The summed E-state index contributed by atoms with van der Waals surface area (Å²) >= 11 is 3.19. The number of benzene rings is 1. The van der Waals surface area contributed by atoms with E-state index in [0.29, 0.717) is 11.0 Å². The van der Waals surface area contributed by atoms with Crippen molar-refractivity contribution in [2.75, 3.05) is 0 Å². The Labute approximate surface area is 108 Å². The van der Waals surface area contributed by atoms with Crippen molar-refractivity contribution in [1.82, 2.24) is 9.55 Å². The van der Waals surface area contributed by atoms with E-state index in [1.54, 1.807) is 10.9 Å². The van der Waals surface area contributed by atoms with Gasteiger partial charge in [0, 0.05) is 6.20 Å². The molecule has 0 radical (unpaired) electrons. The number of rotatable bonds is 2. The second kappa shape index (κ2) is 4.84. The molecule has 2 rings (SSSR count). The van der Waals surface area contributed by atoms with Crippen molar-refractivity contribution >= 4 is 15.9 Å². The average Bonchev–Trinajstić information content (AvgIpc) is 2.30. The van der Waals surface area contributed by atoms with Gasteiger partial charge in [0.2, 0.25) is 0 Å². The monoisotopic (exact) mass is 292 g/mol. The fourth-order valence-corrected chi connectivity index (χ4v) is 1.98. The molecule has 4 heteroatoms. The summed E-state index contributed by atoms with van der Waals surface area (Å²) in [6.07, 6.45) is 3.07. The first-order valence-electron chi connectivity index (χ1n) is 5.34. The molecule has 3 nitrogen and oxygen atoms in total. The molecule has 17 heavy (non-hydrogen) atoms. The van der Waals surface area contributed by atoms with Gasteiger partial charge in [-0.15, -0.1) is 0 Å². The van der Waals surface area contributed by atoms with Crippen LogP contribution in [0.15, 0.2) is 40.0 Å². The van der Waals surface area contributed by atoms with Crippen LogP contribution >= 0.6 is 15.9 Å².